The second-order valence-electron chi connectivity index (χ2n) is 6.25. The van der Waals surface area contributed by atoms with Crippen molar-refractivity contribution >= 4 is 46.9 Å². The maximum atomic E-state index is 10.5. The molecule has 0 aromatic heterocycles. The molecule has 0 radical (unpaired) electrons. The third-order valence-corrected chi connectivity index (χ3v) is 4.84. The standard InChI is InChI=1S/C16H11Cl2NO3.C7H6ClNO2.C2H6/c17-12-4-1-5-13(18)16(12)22-6-2-3-11-7-10(9-19)8-14(20)15(11)21;8-5-3-4(7(9)11)1-2-6(5)10;1-2/h1,4-5,7-9,19-21H,6H2;1-3,10H,(H2,9,11);1-2H3. The van der Waals surface area contributed by atoms with Gasteiger partial charge in [-0.05, 0) is 48.0 Å². The van der Waals surface area contributed by atoms with E-state index in [1.54, 1.807) is 18.2 Å². The number of carbonyl (C=O) groups is 1. The topological polar surface area (TPSA) is 137 Å². The van der Waals surface area contributed by atoms with Crippen LogP contribution in [-0.4, -0.2) is 34.0 Å². The Bertz CT molecular complexity index is 1230. The normalized spacial score (nSPS) is 9.29. The molecule has 0 heterocycles. The summed E-state index contributed by atoms with van der Waals surface area (Å²) in [6, 6.07) is 11.8. The number of hydrogen-bond donors (Lipinski definition) is 5. The summed E-state index contributed by atoms with van der Waals surface area (Å²) >= 11 is 17.4. The Morgan fingerprint density at radius 1 is 1.00 bits per heavy atom. The van der Waals surface area contributed by atoms with Gasteiger partial charge in [0.1, 0.15) is 12.4 Å². The van der Waals surface area contributed by atoms with E-state index in [4.69, 9.17) is 55.8 Å². The summed E-state index contributed by atoms with van der Waals surface area (Å²) in [5.41, 5.74) is 5.87. The molecule has 0 aliphatic carbocycles. The molecule has 6 N–H and O–H groups in total. The second-order valence-corrected chi connectivity index (χ2v) is 7.47. The fourth-order valence-corrected chi connectivity index (χ4v) is 3.03. The Morgan fingerprint density at radius 2 is 1.63 bits per heavy atom. The van der Waals surface area contributed by atoms with E-state index < -0.39 is 5.91 Å². The van der Waals surface area contributed by atoms with Crippen molar-refractivity contribution in [1.29, 1.82) is 5.41 Å². The average molecular weight is 538 g/mol. The van der Waals surface area contributed by atoms with Crippen LogP contribution in [0.2, 0.25) is 15.1 Å². The van der Waals surface area contributed by atoms with E-state index in [0.717, 1.165) is 6.21 Å². The van der Waals surface area contributed by atoms with Gasteiger partial charge in [-0.15, -0.1) is 0 Å². The highest BCUT2D eigenvalue weighted by molar-refractivity contribution is 6.37. The number of phenolic OH excluding ortho intramolecular Hbond substituents is 3. The van der Waals surface area contributed by atoms with Gasteiger partial charge in [-0.1, -0.05) is 66.6 Å². The molecule has 1 amide bonds. The highest BCUT2D eigenvalue weighted by Crippen LogP contribution is 2.32. The minimum absolute atomic E-state index is 0.00152. The van der Waals surface area contributed by atoms with Crippen molar-refractivity contribution in [2.45, 2.75) is 13.8 Å². The molecule has 0 aliphatic heterocycles. The molecule has 0 unspecified atom stereocenters. The van der Waals surface area contributed by atoms with E-state index in [2.05, 4.69) is 11.8 Å². The number of benzene rings is 3. The number of para-hydroxylation sites is 1. The average Bonchev–Trinajstić information content (AvgIpc) is 2.84. The Balaban J connectivity index is 0.000000395. The number of ether oxygens (including phenoxy) is 1. The first-order chi connectivity index (χ1) is 16.6. The van der Waals surface area contributed by atoms with E-state index in [1.165, 1.54) is 30.3 Å². The van der Waals surface area contributed by atoms with Crippen LogP contribution >= 0.6 is 34.8 Å². The summed E-state index contributed by atoms with van der Waals surface area (Å²) in [5.74, 6) is 4.39. The number of phenols is 3. The van der Waals surface area contributed by atoms with Crippen molar-refractivity contribution in [1.82, 2.24) is 0 Å². The number of halogens is 3. The van der Waals surface area contributed by atoms with Gasteiger partial charge in [0.25, 0.3) is 0 Å². The first kappa shape index (κ1) is 29.5. The number of aromatic hydroxyl groups is 3. The van der Waals surface area contributed by atoms with Crippen molar-refractivity contribution in [3.8, 4) is 34.8 Å². The van der Waals surface area contributed by atoms with Gasteiger partial charge in [0.15, 0.2) is 17.2 Å². The number of primary amides is 1. The van der Waals surface area contributed by atoms with Gasteiger partial charge in [0.2, 0.25) is 5.91 Å². The monoisotopic (exact) mass is 536 g/mol. The number of nitrogens with one attached hydrogen (secondary N) is 1. The first-order valence-corrected chi connectivity index (χ1v) is 11.2. The number of carbonyl (C=O) groups excluding carboxylic acids is 1. The molecule has 7 nitrogen and oxygen atoms in total. The maximum Gasteiger partial charge on any atom is 0.248 e. The molecule has 0 saturated carbocycles. The lowest BCUT2D eigenvalue weighted by atomic mass is 10.1. The molecule has 0 aliphatic rings. The van der Waals surface area contributed by atoms with E-state index in [0.29, 0.717) is 21.4 Å². The molecular weight excluding hydrogens is 515 g/mol. The van der Waals surface area contributed by atoms with Crippen LogP contribution < -0.4 is 10.5 Å². The van der Waals surface area contributed by atoms with Crippen LogP contribution in [0.4, 0.5) is 0 Å². The van der Waals surface area contributed by atoms with Gasteiger partial charge >= 0.3 is 0 Å². The smallest absolute Gasteiger partial charge is 0.248 e. The Kier molecular flexibility index (Phi) is 12.3. The molecule has 35 heavy (non-hydrogen) atoms. The third-order valence-electron chi connectivity index (χ3n) is 3.94. The van der Waals surface area contributed by atoms with Gasteiger partial charge in [0.05, 0.1) is 20.6 Å². The first-order valence-electron chi connectivity index (χ1n) is 10.0. The van der Waals surface area contributed by atoms with E-state index >= 15 is 0 Å². The van der Waals surface area contributed by atoms with E-state index in [9.17, 15) is 15.0 Å². The third kappa shape index (κ3) is 8.95. The van der Waals surface area contributed by atoms with E-state index in [1.807, 2.05) is 13.8 Å². The maximum absolute atomic E-state index is 10.5. The minimum atomic E-state index is -0.563. The Labute approximate surface area is 218 Å². The van der Waals surface area contributed by atoms with E-state index in [-0.39, 0.29) is 40.0 Å². The summed E-state index contributed by atoms with van der Waals surface area (Å²) < 4.78 is 5.39. The second kappa shape index (κ2) is 14.6. The Morgan fingerprint density at radius 3 is 2.17 bits per heavy atom. The summed E-state index contributed by atoms with van der Waals surface area (Å²) in [5, 5.41) is 36.2. The molecule has 0 fully saturated rings. The molecule has 0 saturated heterocycles. The number of nitrogens with two attached hydrogens (primary N) is 1. The fraction of sp³-hybridized carbons (Fsp3) is 0.120. The lowest BCUT2D eigenvalue weighted by molar-refractivity contribution is 0.1000. The van der Waals surface area contributed by atoms with Crippen molar-refractivity contribution in [3.05, 3.63) is 80.3 Å². The lowest BCUT2D eigenvalue weighted by Gasteiger charge is -2.06. The zero-order chi connectivity index (χ0) is 26.5. The van der Waals surface area contributed by atoms with Gasteiger partial charge in [-0.3, -0.25) is 4.79 Å². The van der Waals surface area contributed by atoms with Crippen LogP contribution in [0.5, 0.6) is 23.0 Å². The molecule has 184 valence electrons. The molecule has 3 aromatic rings. The zero-order valence-corrected chi connectivity index (χ0v) is 21.0. The van der Waals surface area contributed by atoms with Crippen molar-refractivity contribution in [3.63, 3.8) is 0 Å². The summed E-state index contributed by atoms with van der Waals surface area (Å²) in [6.07, 6.45) is 1.05. The number of hydrogen-bond acceptors (Lipinski definition) is 6. The van der Waals surface area contributed by atoms with Crippen LogP contribution in [0.15, 0.2) is 48.5 Å². The van der Waals surface area contributed by atoms with Crippen LogP contribution in [0.1, 0.15) is 35.3 Å². The highest BCUT2D eigenvalue weighted by Gasteiger charge is 2.07. The minimum Gasteiger partial charge on any atom is -0.506 e. The van der Waals surface area contributed by atoms with Crippen molar-refractivity contribution in [2.24, 2.45) is 5.73 Å². The summed E-state index contributed by atoms with van der Waals surface area (Å²) in [7, 11) is 0. The lowest BCUT2D eigenvalue weighted by Crippen LogP contribution is -2.10. The molecule has 0 spiro atoms. The summed E-state index contributed by atoms with van der Waals surface area (Å²) in [4.78, 5) is 10.5. The number of rotatable bonds is 4. The zero-order valence-electron chi connectivity index (χ0n) is 18.8. The molecule has 0 bridgehead atoms. The molecule has 3 rings (SSSR count). The van der Waals surface area contributed by atoms with Crippen LogP contribution in [-0.2, 0) is 0 Å². The van der Waals surface area contributed by atoms with Gasteiger partial charge in [-0.2, -0.15) is 0 Å². The quantitative estimate of drug-likeness (QED) is 0.158. The largest absolute Gasteiger partial charge is 0.506 e. The van der Waals surface area contributed by atoms with Crippen LogP contribution in [0, 0.1) is 17.3 Å². The highest BCUT2D eigenvalue weighted by atomic mass is 35.5. The van der Waals surface area contributed by atoms with Gasteiger partial charge in [0, 0.05) is 11.8 Å². The fourth-order valence-electron chi connectivity index (χ4n) is 2.34. The number of amides is 1. The molecule has 10 heteroatoms. The van der Waals surface area contributed by atoms with Crippen LogP contribution in [0.3, 0.4) is 0 Å². The van der Waals surface area contributed by atoms with Crippen molar-refractivity contribution < 1.29 is 24.9 Å². The predicted molar refractivity (Wildman–Crippen MR) is 139 cm³/mol. The Hall–Kier alpha value is -3.57. The van der Waals surface area contributed by atoms with Gasteiger partial charge < -0.3 is 31.2 Å². The predicted octanol–water partition coefficient (Wildman–Crippen LogP) is 6.00. The van der Waals surface area contributed by atoms with Crippen LogP contribution in [0.25, 0.3) is 0 Å². The molecular formula is C25H23Cl3N2O5. The molecule has 0 atom stereocenters. The van der Waals surface area contributed by atoms with Crippen molar-refractivity contribution in [2.75, 3.05) is 6.61 Å². The summed E-state index contributed by atoms with van der Waals surface area (Å²) in [6.45, 7) is 4.00. The van der Waals surface area contributed by atoms with Gasteiger partial charge in [-0.25, -0.2) is 0 Å². The molecule has 3 aromatic carbocycles. The SMILES string of the molecule is CC.N=Cc1cc(O)c(O)c(C#CCOc2c(Cl)cccc2Cl)c1.NC(=O)c1ccc(O)c(Cl)c1.